The maximum atomic E-state index is 13.6. The lowest BCUT2D eigenvalue weighted by molar-refractivity contribution is -0.133. The number of anilines is 1. The Bertz CT molecular complexity index is 1470. The Balaban J connectivity index is 1.45. The van der Waals surface area contributed by atoms with Crippen LogP contribution in [0, 0.1) is 0 Å². The van der Waals surface area contributed by atoms with Crippen LogP contribution in [0.5, 0.6) is 11.5 Å². The molecule has 5 rings (SSSR count). The molecule has 2 aromatic rings. The molecule has 0 saturated heterocycles. The lowest BCUT2D eigenvalue weighted by Crippen LogP contribution is -2.28. The first-order valence-corrected chi connectivity index (χ1v) is 15.1. The number of Topliss-reactive ketones (excluding diaryl/α,β-unsaturated/α-hetero) is 3. The number of rotatable bonds is 11. The predicted molar refractivity (Wildman–Crippen MR) is 156 cm³/mol. The van der Waals surface area contributed by atoms with E-state index in [1.807, 2.05) is 12.1 Å². The summed E-state index contributed by atoms with van der Waals surface area (Å²) in [6.07, 6.45) is 10.4. The van der Waals surface area contributed by atoms with Gasteiger partial charge in [-0.1, -0.05) is 52.0 Å². The number of phenolic OH excluding ortho intramolecular Hbond substituents is 2. The van der Waals surface area contributed by atoms with E-state index in [4.69, 9.17) is 0 Å². The van der Waals surface area contributed by atoms with Gasteiger partial charge in [0, 0.05) is 54.0 Å². The van der Waals surface area contributed by atoms with Crippen molar-refractivity contribution in [1.82, 2.24) is 4.58 Å². The van der Waals surface area contributed by atoms with Gasteiger partial charge < -0.3 is 15.1 Å². The van der Waals surface area contributed by atoms with Gasteiger partial charge in [-0.25, -0.2) is 4.58 Å². The summed E-state index contributed by atoms with van der Waals surface area (Å²) >= 11 is 0. The van der Waals surface area contributed by atoms with Gasteiger partial charge in [0.25, 0.3) is 0 Å². The minimum Gasteiger partial charge on any atom is -0.507 e. The van der Waals surface area contributed by atoms with Crippen molar-refractivity contribution in [2.75, 3.05) is 31.1 Å². The number of aromatic hydroxyl groups is 2. The SMILES string of the molecule is CCCCCCN1CCc2c1ccc(C1C(=O)C(=O)/C(=c3/ccc4c(c3O)CC[N+]=4CCCCCC)C1=O)c2O. The van der Waals surface area contributed by atoms with E-state index in [9.17, 15) is 24.6 Å². The van der Waals surface area contributed by atoms with Gasteiger partial charge in [0.05, 0.1) is 11.1 Å². The topological polar surface area (TPSA) is 97.9 Å². The van der Waals surface area contributed by atoms with Crippen molar-refractivity contribution in [3.63, 3.8) is 0 Å². The fourth-order valence-corrected chi connectivity index (χ4v) is 6.61. The van der Waals surface area contributed by atoms with Gasteiger partial charge in [-0.15, -0.1) is 0 Å². The highest BCUT2D eigenvalue weighted by Gasteiger charge is 2.48. The zero-order valence-corrected chi connectivity index (χ0v) is 23.8. The second-order valence-electron chi connectivity index (χ2n) is 11.4. The number of nitrogens with zero attached hydrogens (tertiary/aromatic N) is 2. The van der Waals surface area contributed by atoms with Gasteiger partial charge in [-0.05, 0) is 31.4 Å². The Hall–Kier alpha value is -3.48. The molecule has 40 heavy (non-hydrogen) atoms. The summed E-state index contributed by atoms with van der Waals surface area (Å²) in [7, 11) is 0. The minimum absolute atomic E-state index is 0.0637. The van der Waals surface area contributed by atoms with E-state index in [2.05, 4.69) is 23.3 Å². The number of hydrogen-bond acceptors (Lipinski definition) is 6. The van der Waals surface area contributed by atoms with Crippen molar-refractivity contribution in [2.24, 2.45) is 0 Å². The molecule has 1 unspecified atom stereocenters. The maximum absolute atomic E-state index is 13.6. The first-order valence-electron chi connectivity index (χ1n) is 15.1. The number of fused-ring (bicyclic) bond motifs is 2. The first kappa shape index (κ1) is 28.1. The highest BCUT2D eigenvalue weighted by molar-refractivity contribution is 6.72. The number of carbonyl (C=O) groups excluding carboxylic acids is 3. The number of unbranched alkanes of at least 4 members (excludes halogenated alkanes) is 6. The summed E-state index contributed by atoms with van der Waals surface area (Å²) in [4.78, 5) is 42.2. The van der Waals surface area contributed by atoms with Crippen LogP contribution in [0.1, 0.15) is 87.8 Å². The normalized spacial score (nSPS) is 19.6. The van der Waals surface area contributed by atoms with Crippen LogP contribution in [0.3, 0.4) is 0 Å². The summed E-state index contributed by atoms with van der Waals surface area (Å²) in [5.41, 5.74) is 2.30. The molecular weight excluding hydrogens is 504 g/mol. The molecule has 212 valence electrons. The molecule has 7 heteroatoms. The number of benzene rings is 2. The molecule has 0 radical (unpaired) electrons. The highest BCUT2D eigenvalue weighted by Crippen LogP contribution is 2.43. The molecule has 2 aromatic carbocycles. The highest BCUT2D eigenvalue weighted by atomic mass is 16.3. The van der Waals surface area contributed by atoms with Crippen molar-refractivity contribution < 1.29 is 24.6 Å². The van der Waals surface area contributed by atoms with Gasteiger partial charge in [0.15, 0.2) is 5.78 Å². The largest absolute Gasteiger partial charge is 0.507 e. The van der Waals surface area contributed by atoms with Crippen LogP contribution in [-0.4, -0.2) is 53.7 Å². The van der Waals surface area contributed by atoms with Gasteiger partial charge in [0.1, 0.15) is 30.5 Å². The summed E-state index contributed by atoms with van der Waals surface area (Å²) in [6, 6.07) is 6.93. The number of ketones is 3. The van der Waals surface area contributed by atoms with E-state index in [-0.39, 0.29) is 27.9 Å². The molecule has 0 bridgehead atoms. The number of phenols is 2. The predicted octanol–water partition coefficient (Wildman–Crippen LogP) is 3.32. The fraction of sp³-hybridized carbons (Fsp3) is 0.515. The molecule has 1 fully saturated rings. The summed E-state index contributed by atoms with van der Waals surface area (Å²) in [5, 5.41) is 23.4. The second kappa shape index (κ2) is 11.9. The van der Waals surface area contributed by atoms with Crippen molar-refractivity contribution in [3.05, 3.63) is 51.5 Å². The molecule has 7 nitrogen and oxygen atoms in total. The zero-order chi connectivity index (χ0) is 28.4. The van der Waals surface area contributed by atoms with E-state index < -0.39 is 23.3 Å². The summed E-state index contributed by atoms with van der Waals surface area (Å²) in [6.45, 7) is 7.71. The number of hydrogen-bond donors (Lipinski definition) is 2. The van der Waals surface area contributed by atoms with Crippen molar-refractivity contribution in [1.29, 1.82) is 0 Å². The van der Waals surface area contributed by atoms with Crippen LogP contribution in [-0.2, 0) is 27.2 Å². The first-order chi connectivity index (χ1) is 19.4. The van der Waals surface area contributed by atoms with Gasteiger partial charge in [-0.3, -0.25) is 14.4 Å². The molecule has 2 heterocycles. The van der Waals surface area contributed by atoms with Crippen molar-refractivity contribution >= 4 is 28.6 Å². The fourth-order valence-electron chi connectivity index (χ4n) is 6.61. The third-order valence-corrected chi connectivity index (χ3v) is 8.86. The zero-order valence-electron chi connectivity index (χ0n) is 23.8. The number of carbonyl (C=O) groups is 3. The van der Waals surface area contributed by atoms with Gasteiger partial charge in [-0.2, -0.15) is 0 Å². The lowest BCUT2D eigenvalue weighted by Gasteiger charge is -2.20. The Morgan fingerprint density at radius 2 is 1.57 bits per heavy atom. The standard InChI is InChI=1S/C33H40N2O5/c1-3-5-7-9-17-34-19-15-21-25(34)13-11-23(29(21)36)27-31(38)28(33(40)32(27)39)24-12-14-26-22(30(24)37)16-20-35(26)18-10-8-6-4-2/h11-14,27,36H,3-10,15-20H2,1-2H3/p+1/b28-24-. The third-order valence-electron chi connectivity index (χ3n) is 8.86. The van der Waals surface area contributed by atoms with E-state index in [1.165, 1.54) is 25.7 Å². The molecular formula is C33H41N2O5+. The molecule has 2 aliphatic heterocycles. The molecule has 3 aliphatic rings. The van der Waals surface area contributed by atoms with Crippen molar-refractivity contribution in [3.8, 4) is 11.5 Å². The van der Waals surface area contributed by atoms with E-state index in [0.29, 0.717) is 12.8 Å². The van der Waals surface area contributed by atoms with Crippen LogP contribution < -0.4 is 20.1 Å². The third kappa shape index (κ3) is 4.95. The molecule has 0 aromatic heterocycles. The van der Waals surface area contributed by atoms with Gasteiger partial charge >= 0.3 is 0 Å². The van der Waals surface area contributed by atoms with Crippen LogP contribution in [0.4, 0.5) is 5.69 Å². The average molecular weight is 546 g/mol. The smallest absolute Gasteiger partial charge is 0.234 e. The molecule has 1 aliphatic carbocycles. The summed E-state index contributed by atoms with van der Waals surface area (Å²) < 4.78 is 2.24. The minimum atomic E-state index is -1.38. The maximum Gasteiger partial charge on any atom is 0.234 e. The molecule has 1 atom stereocenters. The molecule has 1 saturated carbocycles. The van der Waals surface area contributed by atoms with Crippen LogP contribution >= 0.6 is 0 Å². The Labute approximate surface area is 235 Å². The average Bonchev–Trinajstić information content (AvgIpc) is 3.62. The molecule has 2 N–H and O–H groups in total. The quantitative estimate of drug-likeness (QED) is 0.195. The second-order valence-corrected chi connectivity index (χ2v) is 11.4. The molecule has 0 amide bonds. The van der Waals surface area contributed by atoms with Crippen LogP contribution in [0.15, 0.2) is 24.3 Å². The van der Waals surface area contributed by atoms with Gasteiger partial charge in [0.2, 0.25) is 16.9 Å². The van der Waals surface area contributed by atoms with E-state index in [1.54, 1.807) is 12.1 Å². The Morgan fingerprint density at radius 1 is 0.825 bits per heavy atom. The van der Waals surface area contributed by atoms with Crippen LogP contribution in [0.2, 0.25) is 0 Å². The monoisotopic (exact) mass is 545 g/mol. The summed E-state index contributed by atoms with van der Waals surface area (Å²) in [5.74, 6) is -3.92. The lowest BCUT2D eigenvalue weighted by atomic mass is 9.91. The van der Waals surface area contributed by atoms with Crippen LogP contribution in [0.25, 0.3) is 5.57 Å². The Morgan fingerprint density at radius 3 is 2.33 bits per heavy atom. The van der Waals surface area contributed by atoms with E-state index in [0.717, 1.165) is 74.0 Å². The molecule has 0 spiro atoms. The van der Waals surface area contributed by atoms with Crippen molar-refractivity contribution in [2.45, 2.75) is 84.0 Å². The van der Waals surface area contributed by atoms with E-state index >= 15 is 0 Å². The Kier molecular flexibility index (Phi) is 8.38.